The van der Waals surface area contributed by atoms with Gasteiger partial charge in [0.2, 0.25) is 0 Å². The summed E-state index contributed by atoms with van der Waals surface area (Å²) >= 11 is 1.48. The average Bonchev–Trinajstić information content (AvgIpc) is 2.68. The van der Waals surface area contributed by atoms with E-state index >= 15 is 0 Å². The van der Waals surface area contributed by atoms with E-state index in [1.807, 2.05) is 37.3 Å². The van der Waals surface area contributed by atoms with Crippen LogP contribution >= 0.6 is 11.8 Å². The van der Waals surface area contributed by atoms with Crippen molar-refractivity contribution in [2.75, 3.05) is 0 Å². The standard InChI is InChI=1S/C22H21N3OS/c1-15-8-4-5-9-17(15)12-20-16(2)24-22(25(3)21(20)26)27-14-19-11-7-6-10-18(19)13-23/h4-11H,12,14H2,1-3H3. The highest BCUT2D eigenvalue weighted by Crippen LogP contribution is 2.23. The zero-order valence-corrected chi connectivity index (χ0v) is 16.5. The minimum absolute atomic E-state index is 0.0122. The Labute approximate surface area is 163 Å². The van der Waals surface area contributed by atoms with Crippen LogP contribution in [-0.4, -0.2) is 9.55 Å². The summed E-state index contributed by atoms with van der Waals surface area (Å²) < 4.78 is 1.61. The number of benzene rings is 2. The van der Waals surface area contributed by atoms with Crippen LogP contribution in [0.2, 0.25) is 0 Å². The molecule has 0 saturated carbocycles. The van der Waals surface area contributed by atoms with Gasteiger partial charge >= 0.3 is 0 Å². The summed E-state index contributed by atoms with van der Waals surface area (Å²) in [5, 5.41) is 9.89. The third-order valence-electron chi connectivity index (χ3n) is 4.67. The summed E-state index contributed by atoms with van der Waals surface area (Å²) in [5.41, 5.74) is 5.39. The fourth-order valence-electron chi connectivity index (χ4n) is 2.96. The second-order valence-corrected chi connectivity index (χ2v) is 7.43. The summed E-state index contributed by atoms with van der Waals surface area (Å²) in [6, 6.07) is 17.8. The lowest BCUT2D eigenvalue weighted by atomic mass is 10.0. The number of hydrogen-bond donors (Lipinski definition) is 0. The van der Waals surface area contributed by atoms with Gasteiger partial charge in [0.05, 0.1) is 11.6 Å². The van der Waals surface area contributed by atoms with Crippen molar-refractivity contribution >= 4 is 11.8 Å². The van der Waals surface area contributed by atoms with Crippen LogP contribution in [0, 0.1) is 25.2 Å². The first kappa shape index (κ1) is 18.9. The molecule has 1 heterocycles. The summed E-state index contributed by atoms with van der Waals surface area (Å²) in [7, 11) is 1.76. The Hall–Kier alpha value is -2.84. The molecule has 0 N–H and O–H groups in total. The molecular weight excluding hydrogens is 354 g/mol. The van der Waals surface area contributed by atoms with Crippen LogP contribution in [0.4, 0.5) is 0 Å². The van der Waals surface area contributed by atoms with Crippen molar-refractivity contribution in [1.29, 1.82) is 5.26 Å². The largest absolute Gasteiger partial charge is 0.291 e. The van der Waals surface area contributed by atoms with Gasteiger partial charge in [0.25, 0.3) is 5.56 Å². The van der Waals surface area contributed by atoms with Crippen LogP contribution in [0.25, 0.3) is 0 Å². The van der Waals surface area contributed by atoms with Crippen LogP contribution in [0.1, 0.15) is 33.5 Å². The van der Waals surface area contributed by atoms with E-state index in [2.05, 4.69) is 30.1 Å². The van der Waals surface area contributed by atoms with E-state index in [0.29, 0.717) is 22.9 Å². The molecule has 0 amide bonds. The van der Waals surface area contributed by atoms with Crippen molar-refractivity contribution in [3.63, 3.8) is 0 Å². The molecule has 3 aromatic rings. The third-order valence-corrected chi connectivity index (χ3v) is 5.75. The number of nitriles is 1. The highest BCUT2D eigenvalue weighted by molar-refractivity contribution is 7.98. The van der Waals surface area contributed by atoms with Gasteiger partial charge in [0.15, 0.2) is 5.16 Å². The minimum Gasteiger partial charge on any atom is -0.291 e. The fourth-order valence-corrected chi connectivity index (χ4v) is 3.97. The maximum absolute atomic E-state index is 12.9. The van der Waals surface area contributed by atoms with Gasteiger partial charge < -0.3 is 0 Å². The van der Waals surface area contributed by atoms with Crippen molar-refractivity contribution in [2.24, 2.45) is 7.05 Å². The predicted octanol–water partition coefficient (Wildman–Crippen LogP) is 4.15. The Morgan fingerprint density at radius 3 is 2.44 bits per heavy atom. The molecule has 3 rings (SSSR count). The first-order chi connectivity index (χ1) is 13.0. The van der Waals surface area contributed by atoms with Crippen LogP contribution in [0.3, 0.4) is 0 Å². The lowest BCUT2D eigenvalue weighted by Gasteiger charge is -2.13. The van der Waals surface area contributed by atoms with Crippen molar-refractivity contribution < 1.29 is 0 Å². The molecule has 0 saturated heterocycles. The van der Waals surface area contributed by atoms with Crippen LogP contribution < -0.4 is 5.56 Å². The maximum Gasteiger partial charge on any atom is 0.257 e. The molecule has 0 aliphatic heterocycles. The molecule has 0 fully saturated rings. The monoisotopic (exact) mass is 375 g/mol. The number of rotatable bonds is 5. The Kier molecular flexibility index (Phi) is 5.78. The van der Waals surface area contributed by atoms with E-state index in [1.54, 1.807) is 17.7 Å². The van der Waals surface area contributed by atoms with Crippen molar-refractivity contribution in [1.82, 2.24) is 9.55 Å². The van der Waals surface area contributed by atoms with Crippen molar-refractivity contribution in [2.45, 2.75) is 31.2 Å². The minimum atomic E-state index is -0.0122. The molecule has 1 aromatic heterocycles. The Bertz CT molecular complexity index is 1080. The molecule has 2 aromatic carbocycles. The summed E-state index contributed by atoms with van der Waals surface area (Å²) in [4.78, 5) is 17.6. The normalized spacial score (nSPS) is 10.6. The van der Waals surface area contributed by atoms with Gasteiger partial charge in [-0.05, 0) is 36.6 Å². The molecule has 136 valence electrons. The predicted molar refractivity (Wildman–Crippen MR) is 109 cm³/mol. The third kappa shape index (κ3) is 4.12. The van der Waals surface area contributed by atoms with E-state index in [4.69, 9.17) is 0 Å². The number of aryl methyl sites for hydroxylation is 2. The van der Waals surface area contributed by atoms with Gasteiger partial charge in [0, 0.05) is 30.5 Å². The first-order valence-electron chi connectivity index (χ1n) is 8.73. The fraction of sp³-hybridized carbons (Fsp3) is 0.227. The Morgan fingerprint density at radius 1 is 1.07 bits per heavy atom. The molecule has 5 heteroatoms. The molecule has 27 heavy (non-hydrogen) atoms. The van der Waals surface area contributed by atoms with E-state index < -0.39 is 0 Å². The van der Waals surface area contributed by atoms with Gasteiger partial charge in [-0.1, -0.05) is 54.2 Å². The van der Waals surface area contributed by atoms with E-state index in [-0.39, 0.29) is 5.56 Å². The molecule has 0 aliphatic rings. The van der Waals surface area contributed by atoms with Gasteiger partial charge in [-0.15, -0.1) is 0 Å². The number of thioether (sulfide) groups is 1. The topological polar surface area (TPSA) is 58.7 Å². The Balaban J connectivity index is 1.88. The molecule has 0 spiro atoms. The number of nitrogens with zero attached hydrogens (tertiary/aromatic N) is 3. The molecule has 0 bridgehead atoms. The van der Waals surface area contributed by atoms with Gasteiger partial charge in [-0.3, -0.25) is 9.36 Å². The highest BCUT2D eigenvalue weighted by Gasteiger charge is 2.14. The SMILES string of the molecule is Cc1ccccc1Cc1c(C)nc(SCc2ccccc2C#N)n(C)c1=O. The quantitative estimate of drug-likeness (QED) is 0.496. The smallest absolute Gasteiger partial charge is 0.257 e. The number of hydrogen-bond acceptors (Lipinski definition) is 4. The van der Waals surface area contributed by atoms with Crippen LogP contribution in [0.15, 0.2) is 58.5 Å². The van der Waals surface area contributed by atoms with Gasteiger partial charge in [0.1, 0.15) is 0 Å². The molecular formula is C22H21N3OS. The number of aromatic nitrogens is 2. The lowest BCUT2D eigenvalue weighted by Crippen LogP contribution is -2.26. The highest BCUT2D eigenvalue weighted by atomic mass is 32.2. The van der Waals surface area contributed by atoms with Crippen LogP contribution in [0.5, 0.6) is 0 Å². The summed E-state index contributed by atoms with van der Waals surface area (Å²) in [5.74, 6) is 0.598. The Morgan fingerprint density at radius 2 is 1.74 bits per heavy atom. The molecule has 0 unspecified atom stereocenters. The van der Waals surface area contributed by atoms with Gasteiger partial charge in [-0.2, -0.15) is 5.26 Å². The van der Waals surface area contributed by atoms with E-state index in [9.17, 15) is 10.1 Å². The van der Waals surface area contributed by atoms with Crippen molar-refractivity contribution in [3.8, 4) is 6.07 Å². The molecule has 0 aliphatic carbocycles. The molecule has 0 radical (unpaired) electrons. The summed E-state index contributed by atoms with van der Waals surface area (Å²) in [6.07, 6.45) is 0.584. The zero-order chi connectivity index (χ0) is 19.4. The molecule has 4 nitrogen and oxygen atoms in total. The zero-order valence-electron chi connectivity index (χ0n) is 15.7. The average molecular weight is 375 g/mol. The van der Waals surface area contributed by atoms with Gasteiger partial charge in [-0.25, -0.2) is 4.98 Å². The lowest BCUT2D eigenvalue weighted by molar-refractivity contribution is 0.683. The molecule has 0 atom stereocenters. The first-order valence-corrected chi connectivity index (χ1v) is 9.71. The van der Waals surface area contributed by atoms with Crippen LogP contribution in [-0.2, 0) is 19.2 Å². The van der Waals surface area contributed by atoms with E-state index in [0.717, 1.165) is 22.4 Å². The second-order valence-electron chi connectivity index (χ2n) is 6.48. The second kappa shape index (κ2) is 8.24. The van der Waals surface area contributed by atoms with E-state index in [1.165, 1.54) is 17.3 Å². The summed E-state index contributed by atoms with van der Waals surface area (Å²) in [6.45, 7) is 3.95. The maximum atomic E-state index is 12.9. The van der Waals surface area contributed by atoms with Crippen molar-refractivity contribution in [3.05, 3.63) is 92.4 Å².